The molecule has 0 bridgehead atoms. The van der Waals surface area contributed by atoms with Crippen molar-refractivity contribution in [3.8, 4) is 5.88 Å². The van der Waals surface area contributed by atoms with E-state index in [0.717, 1.165) is 0 Å². The maximum absolute atomic E-state index is 12.6. The Morgan fingerprint density at radius 1 is 1.23 bits per heavy atom. The number of nitro groups is 1. The van der Waals surface area contributed by atoms with Crippen LogP contribution in [0.5, 0.6) is 5.88 Å². The minimum atomic E-state index is -5.57. The van der Waals surface area contributed by atoms with Gasteiger partial charge in [0.1, 0.15) is 0 Å². The van der Waals surface area contributed by atoms with E-state index in [1.54, 1.807) is 0 Å². The van der Waals surface area contributed by atoms with Gasteiger partial charge in [-0.2, -0.15) is 13.2 Å². The number of alkyl halides is 6. The van der Waals surface area contributed by atoms with E-state index in [2.05, 4.69) is 20.4 Å². The zero-order valence-electron chi connectivity index (χ0n) is 9.57. The highest BCUT2D eigenvalue weighted by Gasteiger charge is 2.46. The smallest absolute Gasteiger partial charge is 0.386 e. The van der Waals surface area contributed by atoms with Crippen molar-refractivity contribution >= 4 is 25.4 Å². The average Bonchev–Trinajstić information content (AvgIpc) is 2.22. The molecule has 0 aliphatic rings. The molecule has 0 aliphatic carbocycles. The third-order valence-electron chi connectivity index (χ3n) is 1.92. The Hall–Kier alpha value is -1.83. The third-order valence-corrected chi connectivity index (χ3v) is 3.24. The van der Waals surface area contributed by atoms with Gasteiger partial charge in [-0.1, -0.05) is 0 Å². The van der Waals surface area contributed by atoms with Crippen LogP contribution in [0.1, 0.15) is 5.56 Å². The number of hydrogen-bond donors (Lipinski definition) is 0. The van der Waals surface area contributed by atoms with Gasteiger partial charge < -0.3 is 4.74 Å². The van der Waals surface area contributed by atoms with Crippen LogP contribution < -0.4 is 4.74 Å². The Kier molecular flexibility index (Phi) is 4.49. The lowest BCUT2D eigenvalue weighted by Crippen LogP contribution is -2.21. The predicted octanol–water partition coefficient (Wildman–Crippen LogP) is 2.83. The monoisotopic (exact) mass is 374 g/mol. The highest BCUT2D eigenvalue weighted by Crippen LogP contribution is 2.44. The van der Waals surface area contributed by atoms with Gasteiger partial charge in [-0.25, -0.2) is 13.4 Å². The lowest BCUT2D eigenvalue weighted by Gasteiger charge is -2.13. The van der Waals surface area contributed by atoms with E-state index in [4.69, 9.17) is 0 Å². The molecule has 0 fully saturated rings. The van der Waals surface area contributed by atoms with Gasteiger partial charge in [-0.15, -0.1) is 13.2 Å². The van der Waals surface area contributed by atoms with Crippen LogP contribution in [-0.2, 0) is 15.2 Å². The molecule has 0 amide bonds. The van der Waals surface area contributed by atoms with Crippen molar-refractivity contribution in [3.63, 3.8) is 0 Å². The molecule has 0 N–H and O–H groups in total. The Morgan fingerprint density at radius 3 is 2.05 bits per heavy atom. The number of rotatable bonds is 3. The molecule has 0 atom stereocenters. The number of ether oxygens (including phenoxy) is 1. The zero-order chi connectivity index (χ0) is 17.5. The summed E-state index contributed by atoms with van der Waals surface area (Å²) in [7, 11) is -0.744. The molecule has 0 aliphatic heterocycles. The van der Waals surface area contributed by atoms with Crippen LogP contribution in [0.3, 0.4) is 0 Å². The van der Waals surface area contributed by atoms with Gasteiger partial charge in [0, 0.05) is 10.7 Å². The number of pyridine rings is 1. The summed E-state index contributed by atoms with van der Waals surface area (Å²) in [6.45, 7) is 0. The first-order valence-electron chi connectivity index (χ1n) is 4.59. The zero-order valence-corrected chi connectivity index (χ0v) is 11.1. The largest absolute Gasteiger partial charge is 0.574 e. The summed E-state index contributed by atoms with van der Waals surface area (Å²) in [6.07, 6.45) is -11.4. The van der Waals surface area contributed by atoms with Gasteiger partial charge in [0.15, 0.2) is 5.56 Å². The Morgan fingerprint density at radius 2 is 1.73 bits per heavy atom. The molecule has 1 aromatic heterocycles. The Labute approximate surface area is 121 Å². The molecule has 0 spiro atoms. The number of halogens is 7. The van der Waals surface area contributed by atoms with Crippen molar-refractivity contribution < 1.29 is 44.4 Å². The van der Waals surface area contributed by atoms with Gasteiger partial charge in [-0.05, 0) is 0 Å². The molecule has 1 rings (SSSR count). The van der Waals surface area contributed by atoms with Crippen molar-refractivity contribution in [3.05, 3.63) is 21.9 Å². The first-order chi connectivity index (χ1) is 9.64. The van der Waals surface area contributed by atoms with E-state index in [9.17, 15) is 44.9 Å². The highest BCUT2D eigenvalue weighted by molar-refractivity contribution is 8.14. The first-order valence-corrected chi connectivity index (χ1v) is 6.90. The molecule has 7 nitrogen and oxygen atoms in total. The molecule has 0 unspecified atom stereocenters. The molecule has 15 heteroatoms. The molecule has 0 aromatic carbocycles. The molecular formula is C7HClF6N2O5S. The van der Waals surface area contributed by atoms with Gasteiger partial charge in [0.25, 0.3) is 9.05 Å². The van der Waals surface area contributed by atoms with E-state index in [-0.39, 0.29) is 6.20 Å². The van der Waals surface area contributed by atoms with E-state index in [0.29, 0.717) is 0 Å². The number of nitrogens with zero attached hydrogens (tertiary/aromatic N) is 2. The summed E-state index contributed by atoms with van der Waals surface area (Å²) in [5.41, 5.74) is -4.43. The fourth-order valence-corrected chi connectivity index (χ4v) is 2.39. The predicted molar refractivity (Wildman–Crippen MR) is 55.6 cm³/mol. The molecular weight excluding hydrogens is 374 g/mol. The topological polar surface area (TPSA) is 99.4 Å². The van der Waals surface area contributed by atoms with Gasteiger partial charge in [-0.3, -0.25) is 10.1 Å². The van der Waals surface area contributed by atoms with Crippen molar-refractivity contribution in [2.45, 2.75) is 17.4 Å². The van der Waals surface area contributed by atoms with Crippen LogP contribution in [0.2, 0.25) is 0 Å². The van der Waals surface area contributed by atoms with Crippen molar-refractivity contribution in [2.75, 3.05) is 0 Å². The summed E-state index contributed by atoms with van der Waals surface area (Å²) in [5.74, 6) is -2.00. The molecule has 0 saturated carbocycles. The Bertz CT molecular complexity index is 715. The van der Waals surface area contributed by atoms with E-state index < -0.39 is 48.5 Å². The van der Waals surface area contributed by atoms with Crippen LogP contribution in [0.15, 0.2) is 11.1 Å². The molecule has 124 valence electrons. The molecule has 1 aromatic rings. The van der Waals surface area contributed by atoms with E-state index in [1.165, 1.54) is 0 Å². The Balaban J connectivity index is 3.87. The molecule has 0 saturated heterocycles. The third kappa shape index (κ3) is 4.09. The molecule has 0 radical (unpaired) electrons. The lowest BCUT2D eigenvalue weighted by molar-refractivity contribution is -0.391. The standard InChI is InChI=1S/C7HClF6N2O5S/c8-22(19,20)4-3(16(17)18)2(6(9,10)11)1-15-5(4)21-7(12,13)14/h1H. The second-order valence-corrected chi connectivity index (χ2v) is 5.90. The summed E-state index contributed by atoms with van der Waals surface area (Å²) < 4.78 is 99.4. The number of aromatic nitrogens is 1. The van der Waals surface area contributed by atoms with Gasteiger partial charge in [0.2, 0.25) is 10.8 Å². The highest BCUT2D eigenvalue weighted by atomic mass is 35.7. The summed E-state index contributed by atoms with van der Waals surface area (Å²) in [4.78, 5) is 9.18. The fourth-order valence-electron chi connectivity index (χ4n) is 1.26. The fraction of sp³-hybridized carbons (Fsp3) is 0.286. The summed E-state index contributed by atoms with van der Waals surface area (Å²) >= 11 is 0. The average molecular weight is 375 g/mol. The van der Waals surface area contributed by atoms with Crippen molar-refractivity contribution in [1.29, 1.82) is 0 Å². The summed E-state index contributed by atoms with van der Waals surface area (Å²) in [5, 5.41) is 10.7. The van der Waals surface area contributed by atoms with E-state index >= 15 is 0 Å². The van der Waals surface area contributed by atoms with Crippen LogP contribution in [-0.4, -0.2) is 24.7 Å². The second kappa shape index (κ2) is 5.42. The minimum Gasteiger partial charge on any atom is -0.386 e. The van der Waals surface area contributed by atoms with Crippen LogP contribution in [0.25, 0.3) is 0 Å². The summed E-state index contributed by atoms with van der Waals surface area (Å²) in [6, 6.07) is 0. The van der Waals surface area contributed by atoms with Crippen molar-refractivity contribution in [1.82, 2.24) is 4.98 Å². The SMILES string of the molecule is O=[N+]([O-])c1c(C(F)(F)F)cnc(OC(F)(F)F)c1S(=O)(=O)Cl. The minimum absolute atomic E-state index is 0.370. The number of hydrogen-bond acceptors (Lipinski definition) is 6. The van der Waals surface area contributed by atoms with Crippen LogP contribution in [0.4, 0.5) is 32.0 Å². The van der Waals surface area contributed by atoms with E-state index in [1.807, 2.05) is 0 Å². The normalized spacial score (nSPS) is 13.0. The maximum atomic E-state index is 12.6. The first kappa shape index (κ1) is 18.2. The second-order valence-electron chi connectivity index (χ2n) is 3.40. The van der Waals surface area contributed by atoms with Crippen molar-refractivity contribution in [2.24, 2.45) is 0 Å². The molecule has 1 heterocycles. The quantitative estimate of drug-likeness (QED) is 0.349. The van der Waals surface area contributed by atoms with Gasteiger partial charge in [0.05, 0.1) is 11.1 Å². The molecule has 22 heavy (non-hydrogen) atoms. The lowest BCUT2D eigenvalue weighted by atomic mass is 10.2. The van der Waals surface area contributed by atoms with Crippen LogP contribution >= 0.6 is 10.7 Å². The van der Waals surface area contributed by atoms with Gasteiger partial charge >= 0.3 is 18.2 Å². The van der Waals surface area contributed by atoms with Crippen LogP contribution in [0, 0.1) is 10.1 Å². The maximum Gasteiger partial charge on any atom is 0.574 e.